The van der Waals surface area contributed by atoms with Crippen molar-refractivity contribution in [3.63, 3.8) is 0 Å². The van der Waals surface area contributed by atoms with Crippen LogP contribution in [0.5, 0.6) is 0 Å². The second-order valence-corrected chi connectivity index (χ2v) is 13.3. The van der Waals surface area contributed by atoms with Crippen LogP contribution in [-0.2, 0) is 9.59 Å². The molecule has 0 spiro atoms. The van der Waals surface area contributed by atoms with Crippen LogP contribution in [0.4, 0.5) is 0 Å². The number of nitrogens with zero attached hydrogens (tertiary/aromatic N) is 1. The van der Waals surface area contributed by atoms with Gasteiger partial charge < -0.3 is 10.0 Å². The first-order valence-electron chi connectivity index (χ1n) is 15.9. The highest BCUT2D eigenvalue weighted by Gasteiger charge is 2.55. The Morgan fingerprint density at radius 3 is 2.41 bits per heavy atom. The quantitative estimate of drug-likeness (QED) is 0.297. The van der Waals surface area contributed by atoms with E-state index in [1.807, 2.05) is 6.08 Å². The summed E-state index contributed by atoms with van der Waals surface area (Å²) in [5.74, 6) is 2.57. The first-order chi connectivity index (χ1) is 18.0. The smallest absolute Gasteiger partial charge is 0.222 e. The predicted molar refractivity (Wildman–Crippen MR) is 149 cm³/mol. The number of ketones is 1. The molecular weight excluding hydrogens is 458 g/mol. The predicted octanol–water partition coefficient (Wildman–Crippen LogP) is 7.30. The highest BCUT2D eigenvalue weighted by atomic mass is 16.3. The Morgan fingerprint density at radius 2 is 1.65 bits per heavy atom. The first kappa shape index (κ1) is 27.2. The second-order valence-electron chi connectivity index (χ2n) is 13.3. The SMILES string of the molecule is C[C@]12C[C@H](CCCCCCCCCCC(=O)N3CCCC3)C3=C4CCC(=O)C=C4CCC3C1CC[C@@H]2O. The summed E-state index contributed by atoms with van der Waals surface area (Å²) < 4.78 is 0. The number of unbranched alkanes of at least 4 members (excludes halogenated alkanes) is 7. The maximum Gasteiger partial charge on any atom is 0.222 e. The standard InChI is InChI=1S/C33H51NO3/c1-33-23-25(12-8-6-4-2-3-5-7-9-13-31(37)34-20-10-11-21-34)32-27-17-15-26(35)22-24(27)14-16-28(32)29(33)18-19-30(33)36/h22,25,28-30,36H,2-21,23H2,1H3/t25-,28?,29?,30-,33-/m0/s1. The molecule has 5 aliphatic rings. The Hall–Kier alpha value is -1.42. The van der Waals surface area contributed by atoms with Crippen molar-refractivity contribution in [3.8, 4) is 0 Å². The molecule has 2 saturated carbocycles. The fourth-order valence-corrected chi connectivity index (χ4v) is 8.92. The Balaban J connectivity index is 1.07. The van der Waals surface area contributed by atoms with Gasteiger partial charge in [-0.3, -0.25) is 9.59 Å². The molecule has 5 rings (SSSR count). The van der Waals surface area contributed by atoms with E-state index in [2.05, 4.69) is 11.8 Å². The zero-order valence-electron chi connectivity index (χ0n) is 23.4. The van der Waals surface area contributed by atoms with Gasteiger partial charge in [0.15, 0.2) is 5.78 Å². The van der Waals surface area contributed by atoms with Crippen molar-refractivity contribution in [2.75, 3.05) is 13.1 Å². The van der Waals surface area contributed by atoms with Crippen LogP contribution in [-0.4, -0.2) is 40.9 Å². The van der Waals surface area contributed by atoms with Crippen LogP contribution < -0.4 is 0 Å². The highest BCUT2D eigenvalue weighted by molar-refractivity contribution is 5.93. The van der Waals surface area contributed by atoms with Crippen molar-refractivity contribution in [1.82, 2.24) is 4.90 Å². The van der Waals surface area contributed by atoms with Gasteiger partial charge in [-0.05, 0) is 105 Å². The van der Waals surface area contributed by atoms with E-state index in [1.54, 1.807) is 11.1 Å². The highest BCUT2D eigenvalue weighted by Crippen LogP contribution is 2.62. The fraction of sp³-hybridized carbons (Fsp3) is 0.818. The minimum Gasteiger partial charge on any atom is -0.393 e. The summed E-state index contributed by atoms with van der Waals surface area (Å²) in [6.07, 6.45) is 23.5. The maximum atomic E-state index is 12.2. The molecule has 206 valence electrons. The lowest BCUT2D eigenvalue weighted by Gasteiger charge is -2.52. The average Bonchev–Trinajstić information content (AvgIpc) is 3.53. The lowest BCUT2D eigenvalue weighted by Crippen LogP contribution is -2.45. The Morgan fingerprint density at radius 1 is 0.946 bits per heavy atom. The molecule has 0 radical (unpaired) electrons. The third-order valence-electron chi connectivity index (χ3n) is 10.9. The number of likely N-dealkylation sites (tertiary alicyclic amines) is 1. The van der Waals surface area contributed by atoms with E-state index in [0.717, 1.165) is 51.6 Å². The molecule has 4 nitrogen and oxygen atoms in total. The molecule has 2 unspecified atom stereocenters. The summed E-state index contributed by atoms with van der Waals surface area (Å²) in [5, 5.41) is 11.0. The number of amides is 1. The monoisotopic (exact) mass is 509 g/mol. The third kappa shape index (κ3) is 5.94. The summed E-state index contributed by atoms with van der Waals surface area (Å²) in [5.41, 5.74) is 4.73. The molecule has 37 heavy (non-hydrogen) atoms. The van der Waals surface area contributed by atoms with E-state index in [-0.39, 0.29) is 11.5 Å². The van der Waals surface area contributed by atoms with Gasteiger partial charge in [0.05, 0.1) is 6.10 Å². The normalized spacial score (nSPS) is 33.3. The number of aliphatic hydroxyl groups is 1. The molecule has 0 bridgehead atoms. The fourth-order valence-electron chi connectivity index (χ4n) is 8.92. The average molecular weight is 510 g/mol. The molecule has 1 amide bonds. The number of hydrogen-bond donors (Lipinski definition) is 1. The Labute approximate surface area is 225 Å². The van der Waals surface area contributed by atoms with Crippen LogP contribution in [0.1, 0.15) is 129 Å². The zero-order chi connectivity index (χ0) is 25.8. The van der Waals surface area contributed by atoms with Crippen LogP contribution in [0.3, 0.4) is 0 Å². The number of allylic oxidation sites excluding steroid dienone is 4. The van der Waals surface area contributed by atoms with E-state index >= 15 is 0 Å². The summed E-state index contributed by atoms with van der Waals surface area (Å²) >= 11 is 0. The van der Waals surface area contributed by atoms with Crippen LogP contribution in [0.15, 0.2) is 22.8 Å². The first-order valence-corrected chi connectivity index (χ1v) is 15.9. The maximum absolute atomic E-state index is 12.2. The molecular formula is C33H51NO3. The molecule has 0 aromatic rings. The second kappa shape index (κ2) is 12.2. The van der Waals surface area contributed by atoms with Gasteiger partial charge in [0.1, 0.15) is 0 Å². The van der Waals surface area contributed by atoms with Crippen molar-refractivity contribution in [2.45, 2.75) is 135 Å². The van der Waals surface area contributed by atoms with Crippen molar-refractivity contribution in [1.29, 1.82) is 0 Å². The zero-order valence-corrected chi connectivity index (χ0v) is 23.4. The number of hydrogen-bond acceptors (Lipinski definition) is 3. The Kier molecular flexibility index (Phi) is 8.94. The largest absolute Gasteiger partial charge is 0.393 e. The minimum absolute atomic E-state index is 0.0846. The summed E-state index contributed by atoms with van der Waals surface area (Å²) in [7, 11) is 0. The van der Waals surface area contributed by atoms with Gasteiger partial charge in [-0.1, -0.05) is 57.4 Å². The summed E-state index contributed by atoms with van der Waals surface area (Å²) in [4.78, 5) is 26.3. The van der Waals surface area contributed by atoms with Crippen LogP contribution in [0.2, 0.25) is 0 Å². The molecule has 0 aromatic heterocycles. The molecule has 1 heterocycles. The Bertz CT molecular complexity index is 897. The van der Waals surface area contributed by atoms with Gasteiger partial charge in [0.2, 0.25) is 5.91 Å². The van der Waals surface area contributed by atoms with E-state index in [9.17, 15) is 14.7 Å². The molecule has 0 aromatic carbocycles. The molecule has 4 aliphatic carbocycles. The number of carbonyl (C=O) groups excluding carboxylic acids is 2. The van der Waals surface area contributed by atoms with Crippen LogP contribution in [0, 0.1) is 23.2 Å². The number of aliphatic hydroxyl groups excluding tert-OH is 1. The lowest BCUT2D eigenvalue weighted by molar-refractivity contribution is -0.130. The van der Waals surface area contributed by atoms with E-state index in [4.69, 9.17) is 0 Å². The van der Waals surface area contributed by atoms with Gasteiger partial charge in [0, 0.05) is 25.9 Å². The van der Waals surface area contributed by atoms with Gasteiger partial charge in [0.25, 0.3) is 0 Å². The molecule has 3 fully saturated rings. The summed E-state index contributed by atoms with van der Waals surface area (Å²) in [6, 6.07) is 0. The molecule has 5 atom stereocenters. The van der Waals surface area contributed by atoms with Gasteiger partial charge in [-0.2, -0.15) is 0 Å². The van der Waals surface area contributed by atoms with E-state index < -0.39 is 0 Å². The molecule has 1 aliphatic heterocycles. The van der Waals surface area contributed by atoms with Crippen molar-refractivity contribution in [3.05, 3.63) is 22.8 Å². The molecule has 1 N–H and O–H groups in total. The van der Waals surface area contributed by atoms with Gasteiger partial charge in [-0.25, -0.2) is 0 Å². The summed E-state index contributed by atoms with van der Waals surface area (Å²) in [6.45, 7) is 4.35. The van der Waals surface area contributed by atoms with Gasteiger partial charge in [-0.15, -0.1) is 0 Å². The topological polar surface area (TPSA) is 57.6 Å². The van der Waals surface area contributed by atoms with E-state index in [0.29, 0.717) is 35.9 Å². The van der Waals surface area contributed by atoms with Crippen molar-refractivity contribution in [2.24, 2.45) is 23.2 Å². The van der Waals surface area contributed by atoms with Crippen molar-refractivity contribution >= 4 is 11.7 Å². The van der Waals surface area contributed by atoms with E-state index in [1.165, 1.54) is 82.6 Å². The van der Waals surface area contributed by atoms with Crippen LogP contribution in [0.25, 0.3) is 0 Å². The molecule has 4 heteroatoms. The van der Waals surface area contributed by atoms with Crippen LogP contribution >= 0.6 is 0 Å². The third-order valence-corrected chi connectivity index (χ3v) is 10.9. The minimum atomic E-state index is -0.137. The molecule has 1 saturated heterocycles. The number of fused-ring (bicyclic) bond motifs is 4. The number of rotatable bonds is 11. The van der Waals surface area contributed by atoms with Crippen molar-refractivity contribution < 1.29 is 14.7 Å². The lowest BCUT2D eigenvalue weighted by atomic mass is 9.53. The number of carbonyl (C=O) groups is 2. The van der Waals surface area contributed by atoms with Gasteiger partial charge >= 0.3 is 0 Å².